The van der Waals surface area contributed by atoms with E-state index in [9.17, 15) is 9.59 Å². The molecule has 0 spiro atoms. The molecule has 0 bridgehead atoms. The fraction of sp³-hybridized carbons (Fsp3) is 0.500. The zero-order valence-corrected chi connectivity index (χ0v) is 13.7. The van der Waals surface area contributed by atoms with Gasteiger partial charge >= 0.3 is 5.69 Å². The average molecular weight is 327 g/mol. The van der Waals surface area contributed by atoms with E-state index >= 15 is 0 Å². The van der Waals surface area contributed by atoms with Gasteiger partial charge in [0.2, 0.25) is 5.91 Å². The van der Waals surface area contributed by atoms with Gasteiger partial charge < -0.3 is 9.32 Å². The first-order chi connectivity index (χ1) is 11.6. The van der Waals surface area contributed by atoms with Crippen LogP contribution in [0.15, 0.2) is 39.8 Å². The topological polar surface area (TPSA) is 68.3 Å². The van der Waals surface area contributed by atoms with Crippen LogP contribution in [0, 0.1) is 5.92 Å². The lowest BCUT2D eigenvalue weighted by Crippen LogP contribution is -2.37. The number of carbonyl (C=O) groups excluding carboxylic acids is 1. The minimum atomic E-state index is -0.399. The van der Waals surface area contributed by atoms with Crippen molar-refractivity contribution in [2.75, 3.05) is 0 Å². The predicted octanol–water partition coefficient (Wildman–Crippen LogP) is 2.15. The highest BCUT2D eigenvalue weighted by atomic mass is 16.3. The van der Waals surface area contributed by atoms with Gasteiger partial charge in [0.1, 0.15) is 18.1 Å². The van der Waals surface area contributed by atoms with Crippen LogP contribution in [0.25, 0.3) is 0 Å². The van der Waals surface area contributed by atoms with Crippen molar-refractivity contribution in [1.29, 1.82) is 0 Å². The number of nitrogens with zero attached hydrogens (tertiary/aromatic N) is 3. The lowest BCUT2D eigenvalue weighted by molar-refractivity contribution is -0.133. The zero-order chi connectivity index (χ0) is 16.7. The molecule has 2 heterocycles. The summed E-state index contributed by atoms with van der Waals surface area (Å²) in [5, 5.41) is 0. The molecule has 2 aromatic rings. The summed E-state index contributed by atoms with van der Waals surface area (Å²) < 4.78 is 7.28. The molecule has 2 aromatic heterocycles. The number of carbonyl (C=O) groups is 1. The third kappa shape index (κ3) is 3.13. The van der Waals surface area contributed by atoms with Crippen LogP contribution in [0.3, 0.4) is 0 Å². The van der Waals surface area contributed by atoms with Crippen LogP contribution in [0.5, 0.6) is 0 Å². The number of amides is 1. The van der Waals surface area contributed by atoms with E-state index in [1.807, 2.05) is 17.0 Å². The second kappa shape index (κ2) is 5.92. The van der Waals surface area contributed by atoms with Crippen LogP contribution in [-0.4, -0.2) is 26.4 Å². The third-order valence-electron chi connectivity index (χ3n) is 4.88. The Morgan fingerprint density at radius 2 is 2.21 bits per heavy atom. The molecule has 0 saturated heterocycles. The molecule has 2 aliphatic carbocycles. The minimum absolute atomic E-state index is 0.0242. The van der Waals surface area contributed by atoms with Crippen LogP contribution in [0.1, 0.15) is 43.6 Å². The van der Waals surface area contributed by atoms with Crippen LogP contribution >= 0.6 is 0 Å². The van der Waals surface area contributed by atoms with E-state index < -0.39 is 5.69 Å². The molecule has 2 atom stereocenters. The van der Waals surface area contributed by atoms with Crippen molar-refractivity contribution in [1.82, 2.24) is 14.5 Å². The van der Waals surface area contributed by atoms with E-state index in [1.165, 1.54) is 17.2 Å². The summed E-state index contributed by atoms with van der Waals surface area (Å²) in [6.45, 7) is 2.72. The Labute approximate surface area is 140 Å². The summed E-state index contributed by atoms with van der Waals surface area (Å²) in [5.74, 6) is 3.03. The quantitative estimate of drug-likeness (QED) is 0.815. The Hall–Kier alpha value is -2.37. The highest BCUT2D eigenvalue weighted by Gasteiger charge is 2.37. The van der Waals surface area contributed by atoms with E-state index in [0.717, 1.165) is 24.4 Å². The van der Waals surface area contributed by atoms with Crippen molar-refractivity contribution in [3.05, 3.63) is 52.6 Å². The summed E-state index contributed by atoms with van der Waals surface area (Å²) >= 11 is 0. The van der Waals surface area contributed by atoms with Gasteiger partial charge in [0.05, 0.1) is 6.54 Å². The van der Waals surface area contributed by atoms with Gasteiger partial charge in [-0.1, -0.05) is 6.92 Å². The highest BCUT2D eigenvalue weighted by Crippen LogP contribution is 2.47. The molecule has 0 radical (unpaired) electrons. The monoisotopic (exact) mass is 327 g/mol. The third-order valence-corrected chi connectivity index (χ3v) is 4.88. The van der Waals surface area contributed by atoms with Gasteiger partial charge in [-0.25, -0.2) is 9.78 Å². The lowest BCUT2D eigenvalue weighted by Gasteiger charge is -2.21. The smallest absolute Gasteiger partial charge is 0.347 e. The van der Waals surface area contributed by atoms with Crippen LogP contribution < -0.4 is 5.69 Å². The van der Waals surface area contributed by atoms with Gasteiger partial charge in [-0.15, -0.1) is 0 Å². The van der Waals surface area contributed by atoms with Gasteiger partial charge in [0.25, 0.3) is 0 Å². The number of hydrogen-bond acceptors (Lipinski definition) is 4. The van der Waals surface area contributed by atoms with E-state index in [1.54, 1.807) is 12.3 Å². The normalized spacial score (nSPS) is 22.4. The molecule has 1 amide bonds. The summed E-state index contributed by atoms with van der Waals surface area (Å²) in [6.07, 6.45) is 6.24. The Balaban J connectivity index is 1.46. The van der Waals surface area contributed by atoms with Crippen molar-refractivity contribution >= 4 is 5.91 Å². The molecule has 4 rings (SSSR count). The maximum absolute atomic E-state index is 12.7. The van der Waals surface area contributed by atoms with Crippen LogP contribution in [-0.2, 0) is 17.9 Å². The highest BCUT2D eigenvalue weighted by molar-refractivity contribution is 5.76. The summed E-state index contributed by atoms with van der Waals surface area (Å²) in [4.78, 5) is 29.9. The largest absolute Gasteiger partial charge is 0.464 e. The number of rotatable bonds is 6. The molecule has 24 heavy (non-hydrogen) atoms. The summed E-state index contributed by atoms with van der Waals surface area (Å²) in [5.41, 5.74) is -0.399. The number of hydrogen-bond donors (Lipinski definition) is 0. The van der Waals surface area contributed by atoms with Gasteiger partial charge in [-0.05, 0) is 43.4 Å². The fourth-order valence-corrected chi connectivity index (χ4v) is 3.12. The Morgan fingerprint density at radius 1 is 1.42 bits per heavy atom. The molecule has 0 N–H and O–H groups in total. The lowest BCUT2D eigenvalue weighted by atomic mass is 10.3. The van der Waals surface area contributed by atoms with Crippen molar-refractivity contribution in [3.63, 3.8) is 0 Å². The molecule has 126 valence electrons. The predicted molar refractivity (Wildman–Crippen MR) is 87.3 cm³/mol. The zero-order valence-electron chi connectivity index (χ0n) is 13.7. The molecule has 0 aromatic carbocycles. The maximum Gasteiger partial charge on any atom is 0.347 e. The van der Waals surface area contributed by atoms with Gasteiger partial charge in [0, 0.05) is 24.4 Å². The van der Waals surface area contributed by atoms with E-state index in [0.29, 0.717) is 18.4 Å². The van der Waals surface area contributed by atoms with Crippen molar-refractivity contribution < 1.29 is 9.21 Å². The summed E-state index contributed by atoms with van der Waals surface area (Å²) in [6, 6.07) is 5.92. The first-order valence-electron chi connectivity index (χ1n) is 8.51. The van der Waals surface area contributed by atoms with Crippen molar-refractivity contribution in [3.8, 4) is 0 Å². The fourth-order valence-electron chi connectivity index (χ4n) is 3.12. The average Bonchev–Trinajstić information content (AvgIpc) is 3.48. The molecule has 2 fully saturated rings. The van der Waals surface area contributed by atoms with Crippen LogP contribution in [0.4, 0.5) is 0 Å². The Kier molecular flexibility index (Phi) is 3.75. The van der Waals surface area contributed by atoms with Crippen molar-refractivity contribution in [2.45, 2.75) is 51.2 Å². The van der Waals surface area contributed by atoms with Crippen LogP contribution in [0.2, 0.25) is 0 Å². The van der Waals surface area contributed by atoms with Crippen molar-refractivity contribution in [2.24, 2.45) is 5.92 Å². The van der Waals surface area contributed by atoms with E-state index in [2.05, 4.69) is 11.9 Å². The molecule has 2 saturated carbocycles. The maximum atomic E-state index is 12.7. The molecule has 2 aliphatic rings. The molecule has 6 heteroatoms. The molecular weight excluding hydrogens is 306 g/mol. The summed E-state index contributed by atoms with van der Waals surface area (Å²) in [7, 11) is 0. The van der Waals surface area contributed by atoms with E-state index in [-0.39, 0.29) is 18.5 Å². The molecule has 0 unspecified atom stereocenters. The van der Waals surface area contributed by atoms with Gasteiger partial charge in [0.15, 0.2) is 0 Å². The molecule has 0 aliphatic heterocycles. The second-order valence-corrected chi connectivity index (χ2v) is 6.91. The SMILES string of the molecule is C[C@@H]1C[C@H]1c1ccc(CN(C(=O)Cn2cccnc2=O)C2CC2)o1. The number of aromatic nitrogens is 2. The number of furan rings is 1. The standard InChI is InChI=1S/C18H21N3O3/c1-12-9-15(12)16-6-5-14(24-16)10-21(13-3-4-13)17(22)11-20-8-2-7-19-18(20)23/h2,5-8,12-13,15H,3-4,9-11H2,1H3/t12-,15-/m1/s1. The minimum Gasteiger partial charge on any atom is -0.464 e. The second-order valence-electron chi connectivity index (χ2n) is 6.91. The van der Waals surface area contributed by atoms with E-state index in [4.69, 9.17) is 4.42 Å². The first kappa shape index (κ1) is 15.2. The van der Waals surface area contributed by atoms with Gasteiger partial charge in [-0.3, -0.25) is 9.36 Å². The molecular formula is C18H21N3O3. The Bertz CT molecular complexity index is 806. The first-order valence-corrected chi connectivity index (χ1v) is 8.51. The molecule has 6 nitrogen and oxygen atoms in total. The van der Waals surface area contributed by atoms with Gasteiger partial charge in [-0.2, -0.15) is 0 Å². The Morgan fingerprint density at radius 3 is 2.88 bits per heavy atom.